The molecule has 1 heterocycles. The summed E-state index contributed by atoms with van der Waals surface area (Å²) in [4.78, 5) is 40.2. The first-order valence-corrected chi connectivity index (χ1v) is 12.4. The molecule has 0 saturated heterocycles. The number of esters is 1. The molecular weight excluding hydrogens is 466 g/mol. The summed E-state index contributed by atoms with van der Waals surface area (Å²) >= 11 is 0. The van der Waals surface area contributed by atoms with Crippen LogP contribution in [0.15, 0.2) is 72.8 Å². The highest BCUT2D eigenvalue weighted by molar-refractivity contribution is 6.00. The largest absolute Gasteiger partial charge is 0.465 e. The van der Waals surface area contributed by atoms with E-state index in [9.17, 15) is 14.4 Å². The van der Waals surface area contributed by atoms with Crippen molar-refractivity contribution in [1.82, 2.24) is 5.32 Å². The molecule has 0 bridgehead atoms. The van der Waals surface area contributed by atoms with E-state index in [1.165, 1.54) is 7.11 Å². The number of carbonyl (C=O) groups is 3. The van der Waals surface area contributed by atoms with E-state index in [1.54, 1.807) is 30.9 Å². The lowest BCUT2D eigenvalue weighted by atomic mass is 9.98. The van der Waals surface area contributed by atoms with Gasteiger partial charge in [-0.1, -0.05) is 60.7 Å². The van der Waals surface area contributed by atoms with Gasteiger partial charge in [0, 0.05) is 17.6 Å². The summed E-state index contributed by atoms with van der Waals surface area (Å²) in [5.41, 5.74) is 10.3. The van der Waals surface area contributed by atoms with Gasteiger partial charge in [0.2, 0.25) is 11.8 Å². The molecular formula is C30H33N3O4. The molecule has 7 nitrogen and oxygen atoms in total. The van der Waals surface area contributed by atoms with Crippen LogP contribution in [0.1, 0.15) is 48.2 Å². The molecule has 0 fully saturated rings. The molecule has 1 aliphatic heterocycles. The fourth-order valence-electron chi connectivity index (χ4n) is 4.67. The van der Waals surface area contributed by atoms with Gasteiger partial charge in [0.1, 0.15) is 6.04 Å². The van der Waals surface area contributed by atoms with E-state index < -0.39 is 17.6 Å². The van der Waals surface area contributed by atoms with Crippen LogP contribution in [0.2, 0.25) is 0 Å². The Balaban J connectivity index is 1.59. The van der Waals surface area contributed by atoms with E-state index in [-0.39, 0.29) is 18.2 Å². The van der Waals surface area contributed by atoms with E-state index in [2.05, 4.69) is 5.32 Å². The average molecular weight is 500 g/mol. The second kappa shape index (κ2) is 11.0. The van der Waals surface area contributed by atoms with Gasteiger partial charge in [0.05, 0.1) is 19.2 Å². The van der Waals surface area contributed by atoms with E-state index >= 15 is 0 Å². The monoisotopic (exact) mass is 499 g/mol. The number of nitrogens with one attached hydrogen (secondary N) is 1. The van der Waals surface area contributed by atoms with Crippen LogP contribution in [-0.4, -0.2) is 36.5 Å². The molecule has 0 unspecified atom stereocenters. The van der Waals surface area contributed by atoms with Crippen molar-refractivity contribution >= 4 is 23.5 Å². The fourth-order valence-corrected chi connectivity index (χ4v) is 4.67. The number of hydrogen-bond acceptors (Lipinski definition) is 5. The van der Waals surface area contributed by atoms with Crippen LogP contribution in [-0.2, 0) is 27.3 Å². The number of amides is 2. The molecule has 7 heteroatoms. The van der Waals surface area contributed by atoms with Gasteiger partial charge in [0.15, 0.2) is 0 Å². The first-order chi connectivity index (χ1) is 17.7. The summed E-state index contributed by atoms with van der Waals surface area (Å²) in [6, 6.07) is 22.3. The van der Waals surface area contributed by atoms with Crippen LogP contribution in [0.3, 0.4) is 0 Å². The predicted molar refractivity (Wildman–Crippen MR) is 144 cm³/mol. The number of fused-ring (bicyclic) bond motifs is 1. The maximum atomic E-state index is 13.7. The molecule has 3 aromatic carbocycles. The third-order valence-corrected chi connectivity index (χ3v) is 6.44. The lowest BCUT2D eigenvalue weighted by Gasteiger charge is -2.27. The molecule has 0 spiro atoms. The van der Waals surface area contributed by atoms with Crippen molar-refractivity contribution in [3.05, 3.63) is 89.5 Å². The number of hydrogen-bond donors (Lipinski definition) is 2. The number of ether oxygens (including phenoxy) is 1. The molecule has 0 saturated carbocycles. The van der Waals surface area contributed by atoms with E-state index in [0.717, 1.165) is 27.9 Å². The molecule has 2 amide bonds. The Morgan fingerprint density at radius 3 is 2.41 bits per heavy atom. The number of benzene rings is 3. The van der Waals surface area contributed by atoms with Crippen molar-refractivity contribution in [2.24, 2.45) is 5.73 Å². The zero-order valence-electron chi connectivity index (χ0n) is 21.5. The minimum atomic E-state index is -0.658. The van der Waals surface area contributed by atoms with Crippen LogP contribution in [0, 0.1) is 0 Å². The molecule has 3 N–H and O–H groups in total. The molecule has 0 radical (unpaired) electrons. The molecule has 192 valence electrons. The second-order valence-corrected chi connectivity index (χ2v) is 10.1. The maximum absolute atomic E-state index is 13.7. The van der Waals surface area contributed by atoms with Crippen molar-refractivity contribution in [3.8, 4) is 11.1 Å². The van der Waals surface area contributed by atoms with Crippen molar-refractivity contribution in [3.63, 3.8) is 0 Å². The van der Waals surface area contributed by atoms with Crippen molar-refractivity contribution in [2.75, 3.05) is 12.0 Å². The Kier molecular flexibility index (Phi) is 7.74. The number of para-hydroxylation sites is 1. The summed E-state index contributed by atoms with van der Waals surface area (Å²) < 4.78 is 4.92. The zero-order chi connectivity index (χ0) is 26.6. The molecule has 1 aliphatic rings. The molecule has 1 atom stereocenters. The number of nitrogens with two attached hydrogens (primary N) is 1. The Hall–Kier alpha value is -3.97. The normalized spacial score (nSPS) is 15.5. The summed E-state index contributed by atoms with van der Waals surface area (Å²) in [5.74, 6) is -0.767. The van der Waals surface area contributed by atoms with E-state index in [4.69, 9.17) is 10.5 Å². The highest BCUT2D eigenvalue weighted by Crippen LogP contribution is 2.30. The fraction of sp³-hybridized carbons (Fsp3) is 0.300. The summed E-state index contributed by atoms with van der Waals surface area (Å²) in [6.45, 7) is 3.93. The Bertz CT molecular complexity index is 1290. The number of anilines is 1. The predicted octanol–water partition coefficient (Wildman–Crippen LogP) is 4.23. The van der Waals surface area contributed by atoms with Gasteiger partial charge in [0.25, 0.3) is 0 Å². The van der Waals surface area contributed by atoms with Crippen molar-refractivity contribution in [2.45, 2.75) is 51.2 Å². The van der Waals surface area contributed by atoms with E-state index in [1.807, 2.05) is 60.7 Å². The number of methoxy groups -OCH3 is 1. The van der Waals surface area contributed by atoms with Crippen LogP contribution in [0.4, 0.5) is 5.69 Å². The standard InChI is InChI=1S/C30H33N3O4/c1-30(2,31)18-27(34)32-25-17-16-22-8-4-7-11-26(22)33(28(25)35)19-20-12-14-21(15-13-20)23-9-5-6-10-24(23)29(36)37-3/h4-15,25H,16-19,31H2,1-3H3,(H,32,34)/t25-/m1/s1. The minimum Gasteiger partial charge on any atom is -0.465 e. The van der Waals surface area contributed by atoms with Crippen molar-refractivity contribution in [1.29, 1.82) is 0 Å². The Labute approximate surface area is 217 Å². The van der Waals surface area contributed by atoms with Gasteiger partial charge in [-0.05, 0) is 61.1 Å². The zero-order valence-corrected chi connectivity index (χ0v) is 21.5. The quantitative estimate of drug-likeness (QED) is 0.474. The van der Waals surface area contributed by atoms with Crippen LogP contribution < -0.4 is 16.0 Å². The lowest BCUT2D eigenvalue weighted by Crippen LogP contribution is -2.49. The lowest BCUT2D eigenvalue weighted by molar-refractivity contribution is -0.128. The topological polar surface area (TPSA) is 102 Å². The van der Waals surface area contributed by atoms with Crippen molar-refractivity contribution < 1.29 is 19.1 Å². The number of rotatable bonds is 7. The second-order valence-electron chi connectivity index (χ2n) is 10.1. The smallest absolute Gasteiger partial charge is 0.338 e. The molecule has 4 rings (SSSR count). The summed E-state index contributed by atoms with van der Waals surface area (Å²) in [5, 5.41) is 2.91. The van der Waals surface area contributed by atoms with Gasteiger partial charge in [-0.2, -0.15) is 0 Å². The Morgan fingerprint density at radius 2 is 1.70 bits per heavy atom. The summed E-state index contributed by atoms with van der Waals surface area (Å²) in [7, 11) is 1.37. The number of aryl methyl sites for hydroxylation is 1. The first-order valence-electron chi connectivity index (χ1n) is 12.4. The van der Waals surface area contributed by atoms with Gasteiger partial charge in [-0.25, -0.2) is 4.79 Å². The van der Waals surface area contributed by atoms with Crippen LogP contribution in [0.25, 0.3) is 11.1 Å². The maximum Gasteiger partial charge on any atom is 0.338 e. The third-order valence-electron chi connectivity index (χ3n) is 6.44. The molecule has 3 aromatic rings. The average Bonchev–Trinajstić information content (AvgIpc) is 3.00. The highest BCUT2D eigenvalue weighted by atomic mass is 16.5. The number of nitrogens with zero attached hydrogens (tertiary/aromatic N) is 1. The van der Waals surface area contributed by atoms with Crippen LogP contribution in [0.5, 0.6) is 0 Å². The molecule has 0 aromatic heterocycles. The van der Waals surface area contributed by atoms with Gasteiger partial charge >= 0.3 is 5.97 Å². The summed E-state index contributed by atoms with van der Waals surface area (Å²) in [6.07, 6.45) is 1.34. The highest BCUT2D eigenvalue weighted by Gasteiger charge is 2.32. The minimum absolute atomic E-state index is 0.137. The number of carbonyl (C=O) groups excluding carboxylic acids is 3. The third kappa shape index (κ3) is 6.24. The molecule has 37 heavy (non-hydrogen) atoms. The first kappa shape index (κ1) is 26.1. The van der Waals surface area contributed by atoms with Crippen LogP contribution >= 0.6 is 0 Å². The van der Waals surface area contributed by atoms with Gasteiger partial charge in [-0.3, -0.25) is 9.59 Å². The SMILES string of the molecule is COC(=O)c1ccccc1-c1ccc(CN2C(=O)[C@H](NC(=O)CC(C)(C)N)CCc3ccccc32)cc1. The van der Waals surface area contributed by atoms with Gasteiger partial charge < -0.3 is 20.7 Å². The van der Waals surface area contributed by atoms with E-state index in [0.29, 0.717) is 24.9 Å². The van der Waals surface area contributed by atoms with Gasteiger partial charge in [-0.15, -0.1) is 0 Å². The Morgan fingerprint density at radius 1 is 1.03 bits per heavy atom. The molecule has 0 aliphatic carbocycles.